The number of aliphatic carboxylic acids is 1. The number of anilines is 1. The smallest absolute Gasteiger partial charge is 0.322 e. The van der Waals surface area contributed by atoms with Crippen molar-refractivity contribution in [3.8, 4) is 5.75 Å². The lowest BCUT2D eigenvalue weighted by molar-refractivity contribution is -0.137. The van der Waals surface area contributed by atoms with Gasteiger partial charge in [-0.3, -0.25) is 14.4 Å². The summed E-state index contributed by atoms with van der Waals surface area (Å²) in [6.45, 7) is 3.45. The second kappa shape index (κ2) is 10.1. The molecule has 0 heterocycles. The first-order valence-corrected chi connectivity index (χ1v) is 8.95. The Morgan fingerprint density at radius 2 is 1.64 bits per heavy atom. The van der Waals surface area contributed by atoms with Crippen LogP contribution in [0, 0.1) is 0 Å². The number of hydrogen-bond donors (Lipinski definition) is 3. The van der Waals surface area contributed by atoms with Gasteiger partial charge in [0, 0.05) is 11.3 Å². The molecule has 28 heavy (non-hydrogen) atoms. The highest BCUT2D eigenvalue weighted by Crippen LogP contribution is 2.20. The third-order valence-corrected chi connectivity index (χ3v) is 3.73. The Labute approximate surface area is 163 Å². The van der Waals surface area contributed by atoms with E-state index in [9.17, 15) is 14.4 Å². The van der Waals surface area contributed by atoms with Crippen LogP contribution in [0.2, 0.25) is 0 Å². The van der Waals surface area contributed by atoms with Gasteiger partial charge < -0.3 is 20.5 Å². The van der Waals surface area contributed by atoms with Crippen molar-refractivity contribution in [3.05, 3.63) is 59.7 Å². The lowest BCUT2D eigenvalue weighted by Crippen LogP contribution is -2.30. The van der Waals surface area contributed by atoms with Crippen LogP contribution in [0.4, 0.5) is 5.69 Å². The number of carbonyl (C=O) groups excluding carboxylic acids is 2. The van der Waals surface area contributed by atoms with Crippen molar-refractivity contribution in [2.45, 2.75) is 32.8 Å². The van der Waals surface area contributed by atoms with Gasteiger partial charge in [0.15, 0.2) is 0 Å². The van der Waals surface area contributed by atoms with E-state index in [1.807, 2.05) is 38.1 Å². The Kier molecular flexibility index (Phi) is 7.56. The molecule has 0 radical (unpaired) electrons. The second-order valence-corrected chi connectivity index (χ2v) is 6.54. The lowest BCUT2D eigenvalue weighted by atomic mass is 10.1. The van der Waals surface area contributed by atoms with Gasteiger partial charge in [0.2, 0.25) is 11.8 Å². The standard InChI is InChI=1S/C21H24N2O5/c1-14(2)28-18-6-4-3-5-16(18)12-20(25)23-17-9-7-15(8-10-17)11-19(24)22-13-21(26)27/h3-10,14H,11-13H2,1-2H3,(H,22,24)(H,23,25)(H,26,27). The Hall–Kier alpha value is -3.35. The van der Waals surface area contributed by atoms with Crippen molar-refractivity contribution >= 4 is 23.5 Å². The van der Waals surface area contributed by atoms with Gasteiger partial charge in [-0.2, -0.15) is 0 Å². The monoisotopic (exact) mass is 384 g/mol. The summed E-state index contributed by atoms with van der Waals surface area (Å²) in [6.07, 6.45) is 0.272. The lowest BCUT2D eigenvalue weighted by Gasteiger charge is -2.14. The number of carboxylic acids is 1. The molecule has 0 aromatic heterocycles. The molecule has 0 fully saturated rings. The number of rotatable bonds is 9. The molecule has 2 aromatic rings. The number of hydrogen-bond acceptors (Lipinski definition) is 4. The molecule has 0 saturated heterocycles. The van der Waals surface area contributed by atoms with E-state index >= 15 is 0 Å². The molecule has 3 N–H and O–H groups in total. The zero-order valence-corrected chi connectivity index (χ0v) is 15.9. The summed E-state index contributed by atoms with van der Waals surface area (Å²) in [6, 6.07) is 14.3. The molecule has 0 atom stereocenters. The Bertz CT molecular complexity index is 831. The summed E-state index contributed by atoms with van der Waals surface area (Å²) < 4.78 is 5.73. The minimum Gasteiger partial charge on any atom is -0.491 e. The molecule has 2 aromatic carbocycles. The normalized spacial score (nSPS) is 10.4. The predicted molar refractivity (Wildman–Crippen MR) is 105 cm³/mol. The molecule has 0 unspecified atom stereocenters. The first-order chi connectivity index (χ1) is 13.3. The van der Waals surface area contributed by atoms with Gasteiger partial charge in [0.25, 0.3) is 0 Å². The molecule has 2 rings (SSSR count). The molecule has 148 valence electrons. The van der Waals surface area contributed by atoms with E-state index in [1.165, 1.54) is 0 Å². The summed E-state index contributed by atoms with van der Waals surface area (Å²) in [5.74, 6) is -0.949. The molecule has 0 spiro atoms. The van der Waals surface area contributed by atoms with E-state index in [0.717, 1.165) is 11.1 Å². The largest absolute Gasteiger partial charge is 0.491 e. The van der Waals surface area contributed by atoms with Crippen molar-refractivity contribution in [3.63, 3.8) is 0 Å². The average Bonchev–Trinajstić information content (AvgIpc) is 2.63. The van der Waals surface area contributed by atoms with Gasteiger partial charge in [0.1, 0.15) is 12.3 Å². The minimum absolute atomic E-state index is 0.0180. The number of amides is 2. The fourth-order valence-corrected chi connectivity index (χ4v) is 2.52. The van der Waals surface area contributed by atoms with Crippen LogP contribution >= 0.6 is 0 Å². The summed E-state index contributed by atoms with van der Waals surface area (Å²) >= 11 is 0. The summed E-state index contributed by atoms with van der Waals surface area (Å²) in [5, 5.41) is 13.7. The van der Waals surface area contributed by atoms with Gasteiger partial charge >= 0.3 is 5.97 Å². The highest BCUT2D eigenvalue weighted by molar-refractivity contribution is 5.92. The highest BCUT2D eigenvalue weighted by atomic mass is 16.5. The van der Waals surface area contributed by atoms with E-state index in [2.05, 4.69) is 10.6 Å². The quantitative estimate of drug-likeness (QED) is 0.616. The van der Waals surface area contributed by atoms with E-state index in [-0.39, 0.29) is 30.8 Å². The average molecular weight is 384 g/mol. The van der Waals surface area contributed by atoms with Crippen LogP contribution in [0.25, 0.3) is 0 Å². The van der Waals surface area contributed by atoms with Crippen LogP contribution in [0.3, 0.4) is 0 Å². The molecular formula is C21H24N2O5. The van der Waals surface area contributed by atoms with Crippen LogP contribution in [-0.4, -0.2) is 35.5 Å². The number of ether oxygens (including phenoxy) is 1. The maximum Gasteiger partial charge on any atom is 0.322 e. The Morgan fingerprint density at radius 1 is 0.964 bits per heavy atom. The highest BCUT2D eigenvalue weighted by Gasteiger charge is 2.11. The molecule has 0 aliphatic heterocycles. The summed E-state index contributed by atoms with van der Waals surface area (Å²) in [7, 11) is 0. The second-order valence-electron chi connectivity index (χ2n) is 6.54. The van der Waals surface area contributed by atoms with Crippen LogP contribution < -0.4 is 15.4 Å². The minimum atomic E-state index is -1.09. The fourth-order valence-electron chi connectivity index (χ4n) is 2.52. The van der Waals surface area contributed by atoms with E-state index in [4.69, 9.17) is 9.84 Å². The van der Waals surface area contributed by atoms with E-state index in [0.29, 0.717) is 11.4 Å². The Balaban J connectivity index is 1.91. The van der Waals surface area contributed by atoms with Crippen molar-refractivity contribution in [2.75, 3.05) is 11.9 Å². The molecule has 0 aliphatic rings. The predicted octanol–water partition coefficient (Wildman–Crippen LogP) is 2.40. The number of para-hydroxylation sites is 1. The van der Waals surface area contributed by atoms with Gasteiger partial charge in [-0.1, -0.05) is 30.3 Å². The molecule has 0 aliphatic carbocycles. The Morgan fingerprint density at radius 3 is 2.29 bits per heavy atom. The van der Waals surface area contributed by atoms with Crippen molar-refractivity contribution in [2.24, 2.45) is 0 Å². The third-order valence-electron chi connectivity index (χ3n) is 3.73. The fraction of sp³-hybridized carbons (Fsp3) is 0.286. The first kappa shape index (κ1) is 21.0. The van der Waals surface area contributed by atoms with Gasteiger partial charge in [-0.15, -0.1) is 0 Å². The maximum atomic E-state index is 12.3. The third kappa shape index (κ3) is 7.11. The molecular weight excluding hydrogens is 360 g/mol. The number of carbonyl (C=O) groups is 3. The number of carboxylic acid groups (broad SMARTS) is 1. The van der Waals surface area contributed by atoms with Crippen LogP contribution in [0.15, 0.2) is 48.5 Å². The van der Waals surface area contributed by atoms with Crippen molar-refractivity contribution < 1.29 is 24.2 Å². The van der Waals surface area contributed by atoms with Gasteiger partial charge in [-0.05, 0) is 37.6 Å². The van der Waals surface area contributed by atoms with Crippen LogP contribution in [0.1, 0.15) is 25.0 Å². The summed E-state index contributed by atoms with van der Waals surface area (Å²) in [5.41, 5.74) is 2.14. The zero-order valence-electron chi connectivity index (χ0n) is 15.9. The molecule has 7 nitrogen and oxygen atoms in total. The van der Waals surface area contributed by atoms with Gasteiger partial charge in [0.05, 0.1) is 18.9 Å². The van der Waals surface area contributed by atoms with E-state index in [1.54, 1.807) is 24.3 Å². The zero-order chi connectivity index (χ0) is 20.5. The van der Waals surface area contributed by atoms with Gasteiger partial charge in [-0.25, -0.2) is 0 Å². The van der Waals surface area contributed by atoms with E-state index < -0.39 is 12.5 Å². The number of nitrogens with one attached hydrogen (secondary N) is 2. The maximum absolute atomic E-state index is 12.3. The number of benzene rings is 2. The van der Waals surface area contributed by atoms with Crippen LogP contribution in [0.5, 0.6) is 5.75 Å². The molecule has 0 saturated carbocycles. The molecule has 0 bridgehead atoms. The topological polar surface area (TPSA) is 105 Å². The molecule has 2 amide bonds. The van der Waals surface area contributed by atoms with Crippen LogP contribution in [-0.2, 0) is 27.2 Å². The summed E-state index contributed by atoms with van der Waals surface area (Å²) in [4.78, 5) is 34.4. The first-order valence-electron chi connectivity index (χ1n) is 8.95. The van der Waals surface area contributed by atoms with Crippen molar-refractivity contribution in [1.29, 1.82) is 0 Å². The SMILES string of the molecule is CC(C)Oc1ccccc1CC(=O)Nc1ccc(CC(=O)NCC(=O)O)cc1. The van der Waals surface area contributed by atoms with Crippen molar-refractivity contribution in [1.82, 2.24) is 5.32 Å². The molecule has 7 heteroatoms.